The Kier molecular flexibility index (Phi) is 11.4. The summed E-state index contributed by atoms with van der Waals surface area (Å²) in [7, 11) is 1.33. The van der Waals surface area contributed by atoms with Crippen LogP contribution in [0.1, 0.15) is 83.1 Å². The van der Waals surface area contributed by atoms with Crippen molar-refractivity contribution in [3.63, 3.8) is 0 Å². The highest BCUT2D eigenvalue weighted by Crippen LogP contribution is 2.43. The molecule has 0 aliphatic carbocycles. The minimum absolute atomic E-state index is 0.315. The van der Waals surface area contributed by atoms with Gasteiger partial charge in [-0.05, 0) is 111 Å². The molecule has 46 heavy (non-hydrogen) atoms. The fourth-order valence-corrected chi connectivity index (χ4v) is 4.79. The van der Waals surface area contributed by atoms with Crippen LogP contribution < -0.4 is 14.9 Å². The Morgan fingerprint density at radius 3 is 1.24 bits per heavy atom. The van der Waals surface area contributed by atoms with E-state index >= 15 is 0 Å². The molecule has 254 valence electrons. The topological polar surface area (TPSA) is 99.6 Å². The lowest BCUT2D eigenvalue weighted by molar-refractivity contribution is 0.00578. The Labute approximate surface area is 281 Å². The maximum atomic E-state index is 13.3. The zero-order valence-electron chi connectivity index (χ0n) is 29.3. The number of rotatable bonds is 4. The molecule has 0 atom stereocenters. The van der Waals surface area contributed by atoms with Crippen molar-refractivity contribution in [2.75, 3.05) is 14.2 Å². The van der Waals surface area contributed by atoms with Crippen molar-refractivity contribution in [3.05, 3.63) is 40.6 Å². The first kappa shape index (κ1) is 38.6. The van der Waals surface area contributed by atoms with Gasteiger partial charge in [-0.15, -0.1) is 0 Å². The molecule has 0 bridgehead atoms. The Hall–Kier alpha value is -1.81. The van der Waals surface area contributed by atoms with E-state index in [1.807, 2.05) is 83.1 Å². The number of hydrogen-bond acceptors (Lipinski definition) is 10. The molecule has 3 aliphatic rings. The number of halogens is 3. The number of methoxy groups -OCH3 is 2. The summed E-state index contributed by atoms with van der Waals surface area (Å²) in [6.07, 6.45) is 2.21. The highest BCUT2D eigenvalue weighted by atomic mass is 79.9. The molecule has 3 fully saturated rings. The molecule has 0 spiro atoms. The summed E-state index contributed by atoms with van der Waals surface area (Å²) in [5.41, 5.74) is -1.93. The van der Waals surface area contributed by atoms with E-state index in [0.717, 1.165) is 12.4 Å². The van der Waals surface area contributed by atoms with Crippen LogP contribution in [0.2, 0.25) is 0 Å². The molecule has 0 unspecified atom stereocenters. The molecular formula is C30H46B3BrF2N2O8. The van der Waals surface area contributed by atoms with Crippen molar-refractivity contribution < 1.29 is 46.2 Å². The summed E-state index contributed by atoms with van der Waals surface area (Å²) in [4.78, 5) is 7.53. The van der Waals surface area contributed by atoms with Gasteiger partial charge in [-0.3, -0.25) is 0 Å². The predicted octanol–water partition coefficient (Wildman–Crippen LogP) is 5.77. The first-order valence-electron chi connectivity index (χ1n) is 15.0. The predicted molar refractivity (Wildman–Crippen MR) is 177 cm³/mol. The summed E-state index contributed by atoms with van der Waals surface area (Å²) < 4.78 is 71.6. The molecule has 5 heterocycles. The zero-order valence-corrected chi connectivity index (χ0v) is 30.9. The van der Waals surface area contributed by atoms with Crippen LogP contribution in [0.4, 0.5) is 8.78 Å². The quantitative estimate of drug-likeness (QED) is 0.364. The average Bonchev–Trinajstić information content (AvgIpc) is 3.38. The van der Waals surface area contributed by atoms with E-state index in [-0.39, 0.29) is 28.2 Å². The van der Waals surface area contributed by atoms with Gasteiger partial charge in [0.2, 0.25) is 11.8 Å². The summed E-state index contributed by atoms with van der Waals surface area (Å²) in [6, 6.07) is 2.62. The molecular weight excluding hydrogens is 667 g/mol. The van der Waals surface area contributed by atoms with Gasteiger partial charge in [-0.25, -0.2) is 18.7 Å². The number of ether oxygens (including phenoxy) is 2. The summed E-state index contributed by atoms with van der Waals surface area (Å²) in [5.74, 6) is -0.121. The molecule has 3 saturated heterocycles. The third kappa shape index (κ3) is 8.24. The molecule has 2 aromatic heterocycles. The first-order chi connectivity index (χ1) is 20.9. The lowest BCUT2D eigenvalue weighted by atomic mass is 9.49. The summed E-state index contributed by atoms with van der Waals surface area (Å²) in [5, 5.41) is 0. The standard InChI is InChI=1S/C12H24B2O4.C12H17BFNO3.C6H5BrFNO/c1-9(2)10(3,4)16-13(15-9)14-17-11(5,6)12(7,8)18-14;1-11(2)12(3,4)18-13(17-11)9-6-8(14)7-15-10(9)16-5;1-10-6-5(7)2-4(8)3-9-6/h1-8H3;6-7H,1-5H3;2-3H,1H3. The number of hydrogen-bond donors (Lipinski definition) is 0. The van der Waals surface area contributed by atoms with Crippen LogP contribution >= 0.6 is 15.9 Å². The van der Waals surface area contributed by atoms with E-state index in [9.17, 15) is 8.78 Å². The van der Waals surface area contributed by atoms with Crippen LogP contribution in [0.15, 0.2) is 29.0 Å². The monoisotopic (exact) mass is 712 g/mol. The number of nitrogens with zero attached hydrogens (tertiary/aromatic N) is 2. The van der Waals surface area contributed by atoms with E-state index in [2.05, 4.69) is 25.9 Å². The van der Waals surface area contributed by atoms with Gasteiger partial charge in [-0.2, -0.15) is 0 Å². The molecule has 5 rings (SSSR count). The highest BCUT2D eigenvalue weighted by Gasteiger charge is 2.63. The van der Waals surface area contributed by atoms with Crippen molar-refractivity contribution >= 4 is 42.5 Å². The molecule has 0 aromatic carbocycles. The molecule has 0 radical (unpaired) electrons. The van der Waals surface area contributed by atoms with Crippen molar-refractivity contribution in [3.8, 4) is 11.8 Å². The van der Waals surface area contributed by atoms with E-state index in [4.69, 9.17) is 37.4 Å². The maximum Gasteiger partial charge on any atom is 0.500 e. The average molecular weight is 713 g/mol. The van der Waals surface area contributed by atoms with Gasteiger partial charge < -0.3 is 37.4 Å². The molecule has 16 heteroatoms. The second-order valence-corrected chi connectivity index (χ2v) is 15.1. The molecule has 0 saturated carbocycles. The first-order valence-corrected chi connectivity index (χ1v) is 15.8. The Morgan fingerprint density at radius 2 is 0.891 bits per heavy atom. The van der Waals surface area contributed by atoms with Crippen LogP contribution in [-0.2, 0) is 27.9 Å². The van der Waals surface area contributed by atoms with Crippen LogP contribution in [0, 0.1) is 11.6 Å². The van der Waals surface area contributed by atoms with Crippen molar-refractivity contribution in [1.29, 1.82) is 0 Å². The van der Waals surface area contributed by atoms with Crippen molar-refractivity contribution in [2.45, 2.75) is 117 Å². The van der Waals surface area contributed by atoms with E-state index in [1.54, 1.807) is 0 Å². The maximum absolute atomic E-state index is 13.3. The van der Waals surface area contributed by atoms with Crippen molar-refractivity contribution in [1.82, 2.24) is 9.97 Å². The van der Waals surface area contributed by atoms with Gasteiger partial charge in [0.1, 0.15) is 11.6 Å². The van der Waals surface area contributed by atoms with Crippen LogP contribution in [0.3, 0.4) is 0 Å². The van der Waals surface area contributed by atoms with Gasteiger partial charge >= 0.3 is 21.1 Å². The van der Waals surface area contributed by atoms with Gasteiger partial charge in [0.15, 0.2) is 0 Å². The van der Waals surface area contributed by atoms with Crippen LogP contribution in [-0.4, -0.2) is 78.9 Å². The fraction of sp³-hybridized carbons (Fsp3) is 0.667. The second kappa shape index (κ2) is 13.6. The third-order valence-corrected chi connectivity index (χ3v) is 9.85. The fourth-order valence-electron chi connectivity index (χ4n) is 4.30. The number of pyridine rings is 2. The highest BCUT2D eigenvalue weighted by molar-refractivity contribution is 9.10. The lowest BCUT2D eigenvalue weighted by Crippen LogP contribution is -2.41. The molecule has 2 aromatic rings. The van der Waals surface area contributed by atoms with Gasteiger partial charge in [-0.1, -0.05) is 0 Å². The molecule has 3 aliphatic heterocycles. The minimum Gasteiger partial charge on any atom is -0.481 e. The molecule has 0 amide bonds. The summed E-state index contributed by atoms with van der Waals surface area (Å²) in [6.45, 7) is 24.0. The Balaban J connectivity index is 0.000000196. The number of aromatic nitrogens is 2. The molecule has 0 N–H and O–H groups in total. The van der Waals surface area contributed by atoms with Gasteiger partial charge in [0, 0.05) is 5.46 Å². The minimum atomic E-state index is -0.673. The van der Waals surface area contributed by atoms with Crippen molar-refractivity contribution in [2.24, 2.45) is 0 Å². The Bertz CT molecular complexity index is 1300. The van der Waals surface area contributed by atoms with E-state index < -0.39 is 38.2 Å². The van der Waals surface area contributed by atoms with E-state index in [0.29, 0.717) is 21.7 Å². The zero-order chi connectivity index (χ0) is 35.1. The normalized spacial score (nSPS) is 22.8. The van der Waals surface area contributed by atoms with Gasteiger partial charge in [0.05, 0.1) is 64.7 Å². The largest absolute Gasteiger partial charge is 0.500 e. The second-order valence-electron chi connectivity index (χ2n) is 14.2. The van der Waals surface area contributed by atoms with Crippen LogP contribution in [0.5, 0.6) is 11.8 Å². The van der Waals surface area contributed by atoms with Gasteiger partial charge in [0.25, 0.3) is 0 Å². The smallest absolute Gasteiger partial charge is 0.481 e. The Morgan fingerprint density at radius 1 is 0.565 bits per heavy atom. The SMILES string of the molecule is CC1(C)OB(B2OC(C)(C)C(C)(C)O2)OC1(C)C.COc1ncc(F)cc1B1OC(C)(C)C(C)(C)O1.COc1ncc(F)cc1Br. The molecule has 10 nitrogen and oxygen atoms in total. The lowest BCUT2D eigenvalue weighted by Gasteiger charge is -2.32. The van der Waals surface area contributed by atoms with E-state index in [1.165, 1.54) is 26.4 Å². The third-order valence-electron chi connectivity index (χ3n) is 9.28. The summed E-state index contributed by atoms with van der Waals surface area (Å²) >= 11 is 3.08. The van der Waals surface area contributed by atoms with Crippen LogP contribution in [0.25, 0.3) is 0 Å².